The summed E-state index contributed by atoms with van der Waals surface area (Å²) >= 11 is 1.32. The number of nitrogens with one attached hydrogen (secondary N) is 1. The Morgan fingerprint density at radius 1 is 0.964 bits per heavy atom. The number of anilines is 1. The van der Waals surface area contributed by atoms with Gasteiger partial charge < -0.3 is 10.1 Å². The van der Waals surface area contributed by atoms with Crippen molar-refractivity contribution in [3.63, 3.8) is 0 Å². The number of hydrogen-bond acceptors (Lipinski definition) is 4. The molecule has 0 saturated heterocycles. The molecule has 0 spiro atoms. The second-order valence-electron chi connectivity index (χ2n) is 6.86. The second-order valence-corrected chi connectivity index (χ2v) is 7.91. The zero-order valence-corrected chi connectivity index (χ0v) is 16.5. The van der Waals surface area contributed by atoms with Crippen molar-refractivity contribution in [2.75, 3.05) is 12.4 Å². The highest BCUT2D eigenvalue weighted by Crippen LogP contribution is 2.35. The number of esters is 1. The van der Waals surface area contributed by atoms with E-state index in [4.69, 9.17) is 4.74 Å². The summed E-state index contributed by atoms with van der Waals surface area (Å²) in [7, 11) is 1.35. The van der Waals surface area contributed by atoms with E-state index < -0.39 is 5.97 Å². The number of fused-ring (bicyclic) bond motifs is 1. The summed E-state index contributed by atoms with van der Waals surface area (Å²) in [4.78, 5) is 26.4. The Bertz CT molecular complexity index is 1020. The molecule has 4 rings (SSSR count). The van der Waals surface area contributed by atoms with Crippen LogP contribution < -0.4 is 5.32 Å². The van der Waals surface area contributed by atoms with E-state index in [0.717, 1.165) is 29.7 Å². The molecule has 0 atom stereocenters. The van der Waals surface area contributed by atoms with Crippen LogP contribution >= 0.6 is 11.3 Å². The van der Waals surface area contributed by atoms with Crippen molar-refractivity contribution >= 4 is 28.9 Å². The predicted octanol–water partition coefficient (Wildman–Crippen LogP) is 5.33. The van der Waals surface area contributed by atoms with E-state index in [1.165, 1.54) is 36.0 Å². The van der Waals surface area contributed by atoms with Crippen LogP contribution in [0.4, 0.5) is 5.69 Å². The van der Waals surface area contributed by atoms with E-state index in [1.54, 1.807) is 0 Å². The molecular formula is C23H21NO3S. The van der Waals surface area contributed by atoms with Gasteiger partial charge in [-0.15, -0.1) is 11.3 Å². The minimum absolute atomic E-state index is 0.212. The van der Waals surface area contributed by atoms with E-state index in [2.05, 4.69) is 5.32 Å². The Kier molecular flexibility index (Phi) is 5.26. The molecule has 5 heteroatoms. The molecule has 1 amide bonds. The smallest absolute Gasteiger partial charge is 0.350 e. The normalized spacial score (nSPS) is 12.9. The molecule has 0 aliphatic heterocycles. The molecule has 28 heavy (non-hydrogen) atoms. The minimum atomic E-state index is -0.451. The van der Waals surface area contributed by atoms with Crippen LogP contribution in [0.1, 0.15) is 44.0 Å². The molecule has 0 fully saturated rings. The lowest BCUT2D eigenvalue weighted by Gasteiger charge is -2.16. The first-order valence-corrected chi connectivity index (χ1v) is 10.2. The Labute approximate surface area is 168 Å². The molecular weight excluding hydrogens is 370 g/mol. The highest BCUT2D eigenvalue weighted by molar-refractivity contribution is 7.18. The Hall–Kier alpha value is -2.92. The molecule has 4 nitrogen and oxygen atoms in total. The number of hydrogen-bond donors (Lipinski definition) is 1. The van der Waals surface area contributed by atoms with Crippen LogP contribution in [-0.2, 0) is 17.6 Å². The second kappa shape index (κ2) is 7.98. The van der Waals surface area contributed by atoms with Gasteiger partial charge in [-0.05, 0) is 60.6 Å². The highest BCUT2D eigenvalue weighted by Gasteiger charge is 2.20. The van der Waals surface area contributed by atoms with Crippen molar-refractivity contribution in [2.24, 2.45) is 0 Å². The molecule has 1 aliphatic carbocycles. The lowest BCUT2D eigenvalue weighted by Crippen LogP contribution is -2.15. The zero-order valence-electron chi connectivity index (χ0n) is 15.7. The average molecular weight is 391 g/mol. The molecule has 0 bridgehead atoms. The van der Waals surface area contributed by atoms with E-state index >= 15 is 0 Å². The molecule has 1 aliphatic rings. The number of carbonyl (C=O) groups is 2. The van der Waals surface area contributed by atoms with Gasteiger partial charge in [0.15, 0.2) is 0 Å². The van der Waals surface area contributed by atoms with Crippen LogP contribution in [0.2, 0.25) is 0 Å². The first kappa shape index (κ1) is 18.4. The molecule has 2 aromatic carbocycles. The van der Waals surface area contributed by atoms with Crippen LogP contribution in [0.5, 0.6) is 0 Å². The molecule has 142 valence electrons. The van der Waals surface area contributed by atoms with Gasteiger partial charge in [-0.1, -0.05) is 36.4 Å². The van der Waals surface area contributed by atoms with Crippen molar-refractivity contribution < 1.29 is 14.3 Å². The van der Waals surface area contributed by atoms with Crippen molar-refractivity contribution in [3.05, 3.63) is 76.2 Å². The van der Waals surface area contributed by atoms with Gasteiger partial charge in [-0.2, -0.15) is 0 Å². The number of carbonyl (C=O) groups excluding carboxylic acids is 2. The quantitative estimate of drug-likeness (QED) is 0.611. The molecule has 0 unspecified atom stereocenters. The first-order chi connectivity index (χ1) is 13.7. The summed E-state index contributed by atoms with van der Waals surface area (Å²) < 4.78 is 4.91. The highest BCUT2D eigenvalue weighted by atomic mass is 32.1. The van der Waals surface area contributed by atoms with Gasteiger partial charge in [0.25, 0.3) is 5.91 Å². The summed E-state index contributed by atoms with van der Waals surface area (Å²) in [5.41, 5.74) is 4.68. The molecule has 1 aromatic heterocycles. The van der Waals surface area contributed by atoms with Gasteiger partial charge >= 0.3 is 5.97 Å². The van der Waals surface area contributed by atoms with Crippen molar-refractivity contribution in [3.8, 4) is 10.4 Å². The van der Waals surface area contributed by atoms with Crippen molar-refractivity contribution in [1.29, 1.82) is 0 Å². The van der Waals surface area contributed by atoms with Gasteiger partial charge in [0.1, 0.15) is 4.88 Å². The van der Waals surface area contributed by atoms with Crippen LogP contribution in [0.15, 0.2) is 54.6 Å². The van der Waals surface area contributed by atoms with Gasteiger partial charge in [0, 0.05) is 10.4 Å². The van der Waals surface area contributed by atoms with Crippen LogP contribution in [0.3, 0.4) is 0 Å². The molecule has 3 aromatic rings. The topological polar surface area (TPSA) is 55.4 Å². The number of thiophene rings is 1. The molecule has 0 radical (unpaired) electrons. The summed E-state index contributed by atoms with van der Waals surface area (Å²) in [5.74, 6) is -0.663. The van der Waals surface area contributed by atoms with Gasteiger partial charge in [0.05, 0.1) is 12.8 Å². The maximum atomic E-state index is 12.9. The summed E-state index contributed by atoms with van der Waals surface area (Å²) in [6.07, 6.45) is 4.46. The van der Waals surface area contributed by atoms with E-state index in [1.807, 2.05) is 54.6 Å². The third kappa shape index (κ3) is 3.71. The zero-order chi connectivity index (χ0) is 19.5. The molecule has 1 heterocycles. The van der Waals surface area contributed by atoms with Crippen LogP contribution in [0.25, 0.3) is 10.4 Å². The monoisotopic (exact) mass is 391 g/mol. The largest absolute Gasteiger partial charge is 0.465 e. The van der Waals surface area contributed by atoms with Gasteiger partial charge in [-0.3, -0.25) is 4.79 Å². The lowest BCUT2D eigenvalue weighted by atomic mass is 9.90. The van der Waals surface area contributed by atoms with Crippen molar-refractivity contribution in [2.45, 2.75) is 25.7 Å². The third-order valence-electron chi connectivity index (χ3n) is 5.02. The standard InChI is InChI=1S/C23H21NO3S/c1-27-23(26)21-19(14-20(28-21)16-8-3-2-4-9-16)24-22(25)18-12-11-15-7-5-6-10-17(15)13-18/h2-4,8-9,11-14H,5-7,10H2,1H3,(H,24,25). The summed E-state index contributed by atoms with van der Waals surface area (Å²) in [5, 5.41) is 2.91. The van der Waals surface area contributed by atoms with Crippen LogP contribution in [0, 0.1) is 0 Å². The van der Waals surface area contributed by atoms with Crippen LogP contribution in [-0.4, -0.2) is 19.0 Å². The van der Waals surface area contributed by atoms with E-state index in [-0.39, 0.29) is 5.91 Å². The minimum Gasteiger partial charge on any atom is -0.465 e. The number of ether oxygens (including phenoxy) is 1. The third-order valence-corrected chi connectivity index (χ3v) is 6.18. The number of aryl methyl sites for hydroxylation is 2. The molecule has 1 N–H and O–H groups in total. The summed E-state index contributed by atoms with van der Waals surface area (Å²) in [6, 6.07) is 17.5. The maximum Gasteiger partial charge on any atom is 0.350 e. The first-order valence-electron chi connectivity index (χ1n) is 9.36. The average Bonchev–Trinajstić information content (AvgIpc) is 3.17. The van der Waals surface area contributed by atoms with Crippen molar-refractivity contribution in [1.82, 2.24) is 0 Å². The van der Waals surface area contributed by atoms with E-state index in [0.29, 0.717) is 16.1 Å². The van der Waals surface area contributed by atoms with Gasteiger partial charge in [0.2, 0.25) is 0 Å². The Balaban J connectivity index is 1.64. The number of benzene rings is 2. The lowest BCUT2D eigenvalue weighted by molar-refractivity contribution is 0.0607. The summed E-state index contributed by atoms with van der Waals surface area (Å²) in [6.45, 7) is 0. The van der Waals surface area contributed by atoms with Gasteiger partial charge in [-0.25, -0.2) is 4.79 Å². The Morgan fingerprint density at radius 3 is 2.46 bits per heavy atom. The number of rotatable bonds is 4. The fourth-order valence-electron chi connectivity index (χ4n) is 3.54. The molecule has 0 saturated carbocycles. The Morgan fingerprint density at radius 2 is 1.71 bits per heavy atom. The SMILES string of the molecule is COC(=O)c1sc(-c2ccccc2)cc1NC(=O)c1ccc2c(c1)CCCC2. The number of methoxy groups -OCH3 is 1. The fraction of sp³-hybridized carbons (Fsp3) is 0.217. The van der Waals surface area contributed by atoms with E-state index in [9.17, 15) is 9.59 Å². The maximum absolute atomic E-state index is 12.9. The predicted molar refractivity (Wildman–Crippen MR) is 112 cm³/mol. The number of amides is 1. The fourth-order valence-corrected chi connectivity index (χ4v) is 4.58.